The van der Waals surface area contributed by atoms with Crippen molar-refractivity contribution in [1.29, 1.82) is 0 Å². The lowest BCUT2D eigenvalue weighted by Gasteiger charge is -2.24. The van der Waals surface area contributed by atoms with Gasteiger partial charge in [-0.3, -0.25) is 9.59 Å². The summed E-state index contributed by atoms with van der Waals surface area (Å²) in [6.07, 6.45) is 0.514. The Hall–Kier alpha value is -2.89. The van der Waals surface area contributed by atoms with Crippen LogP contribution in [0, 0.1) is 5.82 Å². The van der Waals surface area contributed by atoms with Crippen LogP contribution in [0.2, 0.25) is 0 Å². The number of carboxylic acids is 1. The van der Waals surface area contributed by atoms with Gasteiger partial charge in [0, 0.05) is 18.5 Å². The molecular weight excluding hydrogens is 349 g/mol. The first-order valence-electron chi connectivity index (χ1n) is 8.77. The molecule has 27 heavy (non-hydrogen) atoms. The predicted molar refractivity (Wildman–Crippen MR) is 100 cm³/mol. The van der Waals surface area contributed by atoms with Gasteiger partial charge in [-0.2, -0.15) is 0 Å². The number of carbonyl (C=O) groups is 2. The molecule has 0 atom stereocenters. The van der Waals surface area contributed by atoms with Gasteiger partial charge in [-0.25, -0.2) is 4.39 Å². The van der Waals surface area contributed by atoms with E-state index < -0.39 is 17.2 Å². The second-order valence-corrected chi connectivity index (χ2v) is 6.78. The average molecular weight is 373 g/mol. The van der Waals surface area contributed by atoms with E-state index in [0.29, 0.717) is 30.9 Å². The number of rotatable bonds is 9. The summed E-state index contributed by atoms with van der Waals surface area (Å²) in [6, 6.07) is 13.5. The van der Waals surface area contributed by atoms with Crippen LogP contribution in [0.1, 0.15) is 37.8 Å². The van der Waals surface area contributed by atoms with E-state index in [9.17, 15) is 14.0 Å². The van der Waals surface area contributed by atoms with Gasteiger partial charge >= 0.3 is 5.97 Å². The van der Waals surface area contributed by atoms with E-state index in [1.165, 1.54) is 6.07 Å². The number of ether oxygens (including phenoxy) is 1. The summed E-state index contributed by atoms with van der Waals surface area (Å²) in [4.78, 5) is 23.0. The Labute approximate surface area is 158 Å². The lowest BCUT2D eigenvalue weighted by molar-refractivity contribution is -0.137. The molecule has 2 rings (SSSR count). The maximum atomic E-state index is 14.0. The minimum atomic E-state index is -0.988. The number of amides is 1. The Balaban J connectivity index is 1.88. The minimum absolute atomic E-state index is 0.0713. The smallest absolute Gasteiger partial charge is 0.303 e. The summed E-state index contributed by atoms with van der Waals surface area (Å²) in [5.74, 6) is -0.867. The molecule has 6 heteroatoms. The predicted octanol–water partition coefficient (Wildman–Crippen LogP) is 3.66. The van der Waals surface area contributed by atoms with Crippen LogP contribution < -0.4 is 10.1 Å². The normalized spacial score (nSPS) is 11.1. The molecule has 2 aromatic carbocycles. The molecule has 0 aliphatic carbocycles. The molecule has 0 radical (unpaired) electrons. The average Bonchev–Trinajstić information content (AvgIpc) is 2.64. The van der Waals surface area contributed by atoms with Crippen LogP contribution in [0.5, 0.6) is 5.75 Å². The molecule has 5 nitrogen and oxygen atoms in total. The second kappa shape index (κ2) is 9.16. The number of benzene rings is 2. The summed E-state index contributed by atoms with van der Waals surface area (Å²) < 4.78 is 19.5. The minimum Gasteiger partial charge on any atom is -0.494 e. The number of hydrogen-bond acceptors (Lipinski definition) is 3. The monoisotopic (exact) mass is 373 g/mol. The molecule has 0 aromatic heterocycles. The number of hydrogen-bond donors (Lipinski definition) is 2. The van der Waals surface area contributed by atoms with Gasteiger partial charge in [-0.15, -0.1) is 0 Å². The number of aliphatic carboxylic acids is 1. The van der Waals surface area contributed by atoms with Crippen molar-refractivity contribution >= 4 is 11.9 Å². The molecule has 0 saturated heterocycles. The highest BCUT2D eigenvalue weighted by atomic mass is 19.1. The highest BCUT2D eigenvalue weighted by Crippen LogP contribution is 2.26. The van der Waals surface area contributed by atoms with Crippen LogP contribution in [-0.2, 0) is 21.5 Å². The van der Waals surface area contributed by atoms with Gasteiger partial charge in [0.15, 0.2) is 0 Å². The molecule has 0 saturated carbocycles. The molecule has 0 fully saturated rings. The van der Waals surface area contributed by atoms with Gasteiger partial charge in [-0.05, 0) is 44.0 Å². The van der Waals surface area contributed by atoms with Crippen LogP contribution in [-0.4, -0.2) is 23.6 Å². The second-order valence-electron chi connectivity index (χ2n) is 6.78. The van der Waals surface area contributed by atoms with Crippen molar-refractivity contribution in [3.8, 4) is 5.75 Å². The van der Waals surface area contributed by atoms with Crippen molar-refractivity contribution in [3.05, 3.63) is 65.5 Å². The van der Waals surface area contributed by atoms with E-state index in [1.807, 2.05) is 12.1 Å². The van der Waals surface area contributed by atoms with E-state index in [-0.39, 0.29) is 12.3 Å². The van der Waals surface area contributed by atoms with Gasteiger partial charge in [0.25, 0.3) is 0 Å². The molecule has 0 spiro atoms. The number of carboxylic acid groups (broad SMARTS) is 1. The van der Waals surface area contributed by atoms with Crippen LogP contribution >= 0.6 is 0 Å². The SMILES string of the molecule is CC(C)(C(=O)NCc1ccc(OCCCC(=O)O)cc1)c1ccccc1F. The van der Waals surface area contributed by atoms with Gasteiger partial charge in [-0.1, -0.05) is 30.3 Å². The van der Waals surface area contributed by atoms with E-state index in [1.54, 1.807) is 44.2 Å². The molecule has 2 N–H and O–H groups in total. The molecule has 2 aromatic rings. The Morgan fingerprint density at radius 1 is 1.11 bits per heavy atom. The van der Waals surface area contributed by atoms with Crippen LogP contribution in [0.4, 0.5) is 4.39 Å². The van der Waals surface area contributed by atoms with Crippen LogP contribution in [0.3, 0.4) is 0 Å². The quantitative estimate of drug-likeness (QED) is 0.658. The zero-order valence-electron chi connectivity index (χ0n) is 15.5. The largest absolute Gasteiger partial charge is 0.494 e. The van der Waals surface area contributed by atoms with Crippen molar-refractivity contribution in [3.63, 3.8) is 0 Å². The Morgan fingerprint density at radius 3 is 2.41 bits per heavy atom. The third-order valence-corrected chi connectivity index (χ3v) is 4.29. The summed E-state index contributed by atoms with van der Waals surface area (Å²) in [6.45, 7) is 4.03. The Bertz CT molecular complexity index is 787. The van der Waals surface area contributed by atoms with Crippen molar-refractivity contribution in [1.82, 2.24) is 5.32 Å². The lowest BCUT2D eigenvalue weighted by Crippen LogP contribution is -2.40. The van der Waals surface area contributed by atoms with E-state index in [4.69, 9.17) is 9.84 Å². The topological polar surface area (TPSA) is 75.6 Å². The van der Waals surface area contributed by atoms with Gasteiger partial charge < -0.3 is 15.2 Å². The molecule has 0 bridgehead atoms. The van der Waals surface area contributed by atoms with Gasteiger partial charge in [0.2, 0.25) is 5.91 Å². The van der Waals surface area contributed by atoms with E-state index >= 15 is 0 Å². The highest BCUT2D eigenvalue weighted by Gasteiger charge is 2.31. The van der Waals surface area contributed by atoms with Gasteiger partial charge in [0.1, 0.15) is 11.6 Å². The van der Waals surface area contributed by atoms with Crippen molar-refractivity contribution in [2.24, 2.45) is 0 Å². The first-order chi connectivity index (χ1) is 12.8. The molecule has 0 aliphatic heterocycles. The molecule has 1 amide bonds. The van der Waals surface area contributed by atoms with Gasteiger partial charge in [0.05, 0.1) is 12.0 Å². The molecule has 0 heterocycles. The summed E-state index contributed by atoms with van der Waals surface area (Å²) >= 11 is 0. The third-order valence-electron chi connectivity index (χ3n) is 4.29. The van der Waals surface area contributed by atoms with E-state index in [0.717, 1.165) is 5.56 Å². The summed E-state index contributed by atoms with van der Waals surface area (Å²) in [7, 11) is 0. The van der Waals surface area contributed by atoms with Crippen molar-refractivity contribution < 1.29 is 23.8 Å². The van der Waals surface area contributed by atoms with Crippen molar-refractivity contribution in [2.45, 2.75) is 38.6 Å². The molecule has 144 valence electrons. The van der Waals surface area contributed by atoms with Crippen molar-refractivity contribution in [2.75, 3.05) is 6.61 Å². The zero-order valence-corrected chi connectivity index (χ0v) is 15.5. The fourth-order valence-electron chi connectivity index (χ4n) is 2.61. The van der Waals surface area contributed by atoms with E-state index in [2.05, 4.69) is 5.32 Å². The fraction of sp³-hybridized carbons (Fsp3) is 0.333. The fourth-order valence-corrected chi connectivity index (χ4v) is 2.61. The highest BCUT2D eigenvalue weighted by molar-refractivity contribution is 5.87. The number of nitrogens with one attached hydrogen (secondary N) is 1. The molecule has 0 unspecified atom stereocenters. The van der Waals surface area contributed by atoms with Crippen LogP contribution in [0.25, 0.3) is 0 Å². The maximum absolute atomic E-state index is 14.0. The Morgan fingerprint density at radius 2 is 1.78 bits per heavy atom. The maximum Gasteiger partial charge on any atom is 0.303 e. The molecule has 0 aliphatic rings. The van der Waals surface area contributed by atoms with Crippen LogP contribution in [0.15, 0.2) is 48.5 Å². The number of halogens is 1. The molecular formula is C21H24FNO4. The first-order valence-corrected chi connectivity index (χ1v) is 8.77. The Kier molecular flexibility index (Phi) is 6.93. The standard InChI is InChI=1S/C21H24FNO4/c1-21(2,17-6-3-4-7-18(17)22)20(26)23-14-15-9-11-16(12-10-15)27-13-5-8-19(24)25/h3-4,6-7,9-12H,5,8,13-14H2,1-2H3,(H,23,26)(H,24,25). The third kappa shape index (κ3) is 5.81. The summed E-state index contributed by atoms with van der Waals surface area (Å²) in [5, 5.41) is 11.4. The zero-order chi connectivity index (χ0) is 19.9. The lowest BCUT2D eigenvalue weighted by atomic mass is 9.83. The summed E-state index contributed by atoms with van der Waals surface area (Å²) in [5.41, 5.74) is 0.247. The first kappa shape index (κ1) is 20.4. The number of carbonyl (C=O) groups excluding carboxylic acids is 1.